The van der Waals surface area contributed by atoms with Crippen LogP contribution in [0.5, 0.6) is 0 Å². The molecule has 4 bridgehead atoms. The quantitative estimate of drug-likeness (QED) is 0.162. The van der Waals surface area contributed by atoms with Gasteiger partial charge in [-0.2, -0.15) is 0 Å². The second kappa shape index (κ2) is 17.2. The van der Waals surface area contributed by atoms with Crippen LogP contribution in [-0.4, -0.2) is 6.71 Å². The Labute approximate surface area is 510 Å². The van der Waals surface area contributed by atoms with Crippen molar-refractivity contribution in [3.8, 4) is 11.1 Å². The lowest BCUT2D eigenvalue weighted by molar-refractivity contribution is -0.00514. The monoisotopic (exact) mass is 1130 g/mol. The van der Waals surface area contributed by atoms with Gasteiger partial charge in [0.15, 0.2) is 0 Å². The molecule has 3 heterocycles. The predicted octanol–water partition coefficient (Wildman–Crippen LogP) is 20.5. The van der Waals surface area contributed by atoms with Gasteiger partial charge >= 0.3 is 0 Å². The van der Waals surface area contributed by atoms with Gasteiger partial charge in [0.05, 0.1) is 11.4 Å². The Morgan fingerprint density at radius 2 is 0.845 bits per heavy atom. The molecule has 2 aliphatic heterocycles. The number of anilines is 6. The average Bonchev–Trinajstić information content (AvgIpc) is 1.20. The van der Waals surface area contributed by atoms with Crippen molar-refractivity contribution in [2.45, 2.75) is 249 Å². The minimum atomic E-state index is 0.0260. The summed E-state index contributed by atoms with van der Waals surface area (Å²) in [5.74, 6) is 2.49. The standard InChI is InChI=1S/C80H95BN2S/c1-72(2)24-25-73(3,4)56-37-52(22-23-55(56)72)82-66-35-51(80-44-47-32-48(45-80)34-49(33-47)46-80)36-67-69(66)81(71-70(82)54-39-58-62(43-68(54)84-71)79(15,16)31-27-75(58,7)8)63-40-59-61(78(13,14)30-28-76(59,9)10)42-65(63)83(67)64-41-60-57(74(5,6)26-29-77(60,11)12)38-53(64)50-20-18-17-19-21-50/h17-23,35-43,47-49H,24-34,44-46H2,1-16H3. The van der Waals surface area contributed by atoms with Crippen molar-refractivity contribution in [3.05, 3.63) is 147 Å². The number of fused-ring (bicyclic) bond motifs is 10. The van der Waals surface area contributed by atoms with E-state index in [0.29, 0.717) is 0 Å². The first-order valence-corrected chi connectivity index (χ1v) is 34.3. The number of benzene rings is 6. The van der Waals surface area contributed by atoms with Crippen molar-refractivity contribution in [1.82, 2.24) is 0 Å². The van der Waals surface area contributed by atoms with Crippen LogP contribution >= 0.6 is 11.3 Å². The molecule has 8 aliphatic carbocycles. The molecule has 4 fully saturated rings. The summed E-state index contributed by atoms with van der Waals surface area (Å²) < 4.78 is 2.99. The fraction of sp³-hybridized carbons (Fsp3) is 0.525. The van der Waals surface area contributed by atoms with Gasteiger partial charge in [-0.25, -0.2) is 0 Å². The van der Waals surface area contributed by atoms with E-state index < -0.39 is 0 Å². The molecule has 0 saturated heterocycles. The molecule has 4 saturated carbocycles. The lowest BCUT2D eigenvalue weighted by Crippen LogP contribution is -2.61. The third-order valence-corrected chi connectivity index (χ3v) is 26.9. The Morgan fingerprint density at radius 1 is 0.405 bits per heavy atom. The van der Waals surface area contributed by atoms with Crippen molar-refractivity contribution >= 4 is 78.0 Å². The zero-order valence-electron chi connectivity index (χ0n) is 54.2. The highest BCUT2D eigenvalue weighted by molar-refractivity contribution is 7.33. The molecular weight excluding hydrogens is 1030 g/mol. The largest absolute Gasteiger partial charge is 0.311 e. The fourth-order valence-electron chi connectivity index (χ4n) is 20.3. The van der Waals surface area contributed by atoms with Gasteiger partial charge < -0.3 is 9.80 Å². The molecule has 10 aliphatic rings. The molecule has 0 amide bonds. The summed E-state index contributed by atoms with van der Waals surface area (Å²) in [6.45, 7) is 40.7. The van der Waals surface area contributed by atoms with E-state index in [-0.39, 0.29) is 55.4 Å². The molecular formula is C80H95BN2S. The fourth-order valence-corrected chi connectivity index (χ4v) is 21.6. The number of hydrogen-bond acceptors (Lipinski definition) is 3. The number of hydrogen-bond donors (Lipinski definition) is 0. The van der Waals surface area contributed by atoms with E-state index in [1.165, 1.54) is 178 Å². The second-order valence-electron chi connectivity index (χ2n) is 35.0. The zero-order valence-corrected chi connectivity index (χ0v) is 55.1. The number of nitrogens with zero attached hydrogens (tertiary/aromatic N) is 2. The van der Waals surface area contributed by atoms with Crippen LogP contribution in [0.15, 0.2) is 97.1 Å². The number of rotatable bonds is 4. The molecule has 0 radical (unpaired) electrons. The second-order valence-corrected chi connectivity index (χ2v) is 36.1. The highest BCUT2D eigenvalue weighted by Crippen LogP contribution is 2.64. The lowest BCUT2D eigenvalue weighted by Gasteiger charge is -2.57. The molecule has 2 nitrogen and oxygen atoms in total. The highest BCUT2D eigenvalue weighted by Gasteiger charge is 2.55. The van der Waals surface area contributed by atoms with Crippen LogP contribution in [0, 0.1) is 17.8 Å². The third kappa shape index (κ3) is 7.64. The van der Waals surface area contributed by atoms with Crippen LogP contribution in [0.1, 0.15) is 251 Å². The molecule has 7 aromatic rings. The molecule has 4 heteroatoms. The van der Waals surface area contributed by atoms with Gasteiger partial charge in [0.25, 0.3) is 6.71 Å². The SMILES string of the molecule is CC1(C)CCC(C)(C)c2cc(N3c4cc(C56CC7CC(CC(C7)C5)C6)cc5c4B(c4cc6c(cc4N5c4cc5c(cc4-c4ccccc4)C(C)(C)CCC5(C)C)C(C)(C)CCC6(C)C)c4sc5cc6c(cc5c43)C(C)(C)CCC6(C)C)ccc21. The highest BCUT2D eigenvalue weighted by atomic mass is 32.1. The van der Waals surface area contributed by atoms with Gasteiger partial charge in [-0.15, -0.1) is 11.3 Å². The van der Waals surface area contributed by atoms with Gasteiger partial charge in [-0.1, -0.05) is 153 Å². The summed E-state index contributed by atoms with van der Waals surface area (Å²) >= 11 is 2.15. The molecule has 434 valence electrons. The lowest BCUT2D eigenvalue weighted by atomic mass is 9.35. The zero-order chi connectivity index (χ0) is 58.6. The van der Waals surface area contributed by atoms with Crippen molar-refractivity contribution in [3.63, 3.8) is 0 Å². The maximum atomic E-state index is 2.94. The summed E-state index contributed by atoms with van der Waals surface area (Å²) in [5, 5.41) is 1.46. The molecule has 0 N–H and O–H groups in total. The van der Waals surface area contributed by atoms with Crippen molar-refractivity contribution in [2.75, 3.05) is 9.80 Å². The first kappa shape index (κ1) is 54.3. The van der Waals surface area contributed by atoms with E-state index in [9.17, 15) is 0 Å². The van der Waals surface area contributed by atoms with Crippen LogP contribution in [-0.2, 0) is 48.7 Å². The molecule has 1 aromatic heterocycles. The van der Waals surface area contributed by atoms with Crippen LogP contribution in [0.4, 0.5) is 34.1 Å². The Hall–Kier alpha value is -5.06. The van der Waals surface area contributed by atoms with Crippen LogP contribution in [0.3, 0.4) is 0 Å². The van der Waals surface area contributed by atoms with E-state index in [2.05, 4.69) is 229 Å². The summed E-state index contributed by atoms with van der Waals surface area (Å²) in [6, 6.07) is 41.8. The maximum absolute atomic E-state index is 2.94. The number of thiophene rings is 1. The van der Waals surface area contributed by atoms with Gasteiger partial charge in [-0.05, 0) is 278 Å². The first-order valence-electron chi connectivity index (χ1n) is 33.4. The Balaban J connectivity index is 1.09. The smallest absolute Gasteiger partial charge is 0.264 e. The third-order valence-electron chi connectivity index (χ3n) is 25.6. The van der Waals surface area contributed by atoms with Gasteiger partial charge in [0, 0.05) is 43.2 Å². The Kier molecular flexibility index (Phi) is 11.1. The summed E-state index contributed by atoms with van der Waals surface area (Å²) in [4.78, 5) is 5.86. The predicted molar refractivity (Wildman–Crippen MR) is 362 cm³/mol. The Morgan fingerprint density at radius 3 is 1.38 bits per heavy atom. The van der Waals surface area contributed by atoms with Crippen LogP contribution in [0.2, 0.25) is 0 Å². The first-order chi connectivity index (χ1) is 39.5. The molecule has 0 atom stereocenters. The molecule has 84 heavy (non-hydrogen) atoms. The van der Waals surface area contributed by atoms with Crippen molar-refractivity contribution in [1.29, 1.82) is 0 Å². The molecule has 0 unspecified atom stereocenters. The van der Waals surface area contributed by atoms with E-state index >= 15 is 0 Å². The minimum Gasteiger partial charge on any atom is -0.311 e. The van der Waals surface area contributed by atoms with Gasteiger partial charge in [0.2, 0.25) is 0 Å². The van der Waals surface area contributed by atoms with Gasteiger partial charge in [-0.3, -0.25) is 0 Å². The van der Waals surface area contributed by atoms with Gasteiger partial charge in [0.1, 0.15) is 0 Å². The van der Waals surface area contributed by atoms with E-state index in [4.69, 9.17) is 0 Å². The van der Waals surface area contributed by atoms with Crippen molar-refractivity contribution in [2.24, 2.45) is 17.8 Å². The minimum absolute atomic E-state index is 0.0260. The molecule has 0 spiro atoms. The normalized spacial score (nSPS) is 27.5. The summed E-state index contributed by atoms with van der Waals surface area (Å²) in [6.07, 6.45) is 17.9. The molecule has 6 aromatic carbocycles. The summed E-state index contributed by atoms with van der Waals surface area (Å²) in [7, 11) is 0. The van der Waals surface area contributed by atoms with Crippen LogP contribution < -0.4 is 25.5 Å². The molecule has 17 rings (SSSR count). The van der Waals surface area contributed by atoms with E-state index in [0.717, 1.165) is 17.8 Å². The van der Waals surface area contributed by atoms with E-state index in [1.54, 1.807) is 33.4 Å². The van der Waals surface area contributed by atoms with Crippen LogP contribution in [0.25, 0.3) is 21.2 Å². The maximum Gasteiger partial charge on any atom is 0.264 e. The summed E-state index contributed by atoms with van der Waals surface area (Å²) in [5.41, 5.74) is 28.8. The van der Waals surface area contributed by atoms with Crippen molar-refractivity contribution < 1.29 is 0 Å². The van der Waals surface area contributed by atoms with E-state index in [1.807, 2.05) is 0 Å². The average molecular weight is 1130 g/mol. The Bertz CT molecular complexity index is 3950. The topological polar surface area (TPSA) is 6.48 Å².